The van der Waals surface area contributed by atoms with E-state index in [-0.39, 0.29) is 33.7 Å². The smallest absolute Gasteiger partial charge is 0.384 e. The standard InChI is InChI=1S/C28H36F3N3O4S2/c1-18(2)15-32-25-13-8-20(28(29,30)31)14-23(25)27(36)33-16-26(35)34-24-7-5-4-6-19(24)17-40(37,38)22-11-9-21(39-3)10-12-22/h8-14,18-19,24,32H,4-7,15-17H2,1-3H3,(H,33,36)(H,34,35)/t19-,24+/m1/s1. The second-order valence-electron chi connectivity index (χ2n) is 10.4. The fourth-order valence-corrected chi connectivity index (χ4v) is 6.76. The van der Waals surface area contributed by atoms with Crippen molar-refractivity contribution < 1.29 is 31.2 Å². The zero-order valence-corrected chi connectivity index (χ0v) is 24.4. The van der Waals surface area contributed by atoms with Gasteiger partial charge in [-0.05, 0) is 73.4 Å². The predicted molar refractivity (Wildman–Crippen MR) is 151 cm³/mol. The van der Waals surface area contributed by atoms with E-state index in [0.717, 1.165) is 29.9 Å². The highest BCUT2D eigenvalue weighted by molar-refractivity contribution is 7.98. The molecule has 2 amide bonds. The number of hydrogen-bond acceptors (Lipinski definition) is 6. The molecule has 12 heteroatoms. The molecular formula is C28H36F3N3O4S2. The molecule has 0 spiro atoms. The summed E-state index contributed by atoms with van der Waals surface area (Å²) in [6, 6.07) is 9.18. The number of carbonyl (C=O) groups excluding carboxylic acids is 2. The van der Waals surface area contributed by atoms with Crippen LogP contribution in [0.25, 0.3) is 0 Å². The first-order valence-corrected chi connectivity index (χ1v) is 16.1. The molecule has 0 unspecified atom stereocenters. The minimum atomic E-state index is -4.63. The van der Waals surface area contributed by atoms with Gasteiger partial charge in [0.1, 0.15) is 0 Å². The topological polar surface area (TPSA) is 104 Å². The Morgan fingerprint density at radius 2 is 1.73 bits per heavy atom. The maximum absolute atomic E-state index is 13.3. The van der Waals surface area contributed by atoms with E-state index in [2.05, 4.69) is 16.0 Å². The number of thioether (sulfide) groups is 1. The van der Waals surface area contributed by atoms with E-state index in [9.17, 15) is 31.2 Å². The summed E-state index contributed by atoms with van der Waals surface area (Å²) in [5, 5.41) is 8.24. The van der Waals surface area contributed by atoms with Gasteiger partial charge in [0.25, 0.3) is 5.91 Å². The monoisotopic (exact) mass is 599 g/mol. The minimum Gasteiger partial charge on any atom is -0.384 e. The Bertz CT molecular complexity index is 1280. The van der Waals surface area contributed by atoms with Gasteiger partial charge in [0.2, 0.25) is 5.91 Å². The summed E-state index contributed by atoms with van der Waals surface area (Å²) in [6.07, 6.45) is 0.179. The predicted octanol–water partition coefficient (Wildman–Crippen LogP) is 5.37. The first-order valence-electron chi connectivity index (χ1n) is 13.2. The lowest BCUT2D eigenvalue weighted by Gasteiger charge is -2.32. The van der Waals surface area contributed by atoms with Crippen LogP contribution in [0.2, 0.25) is 0 Å². The molecule has 1 aliphatic rings. The molecule has 0 aliphatic heterocycles. The van der Waals surface area contributed by atoms with Crippen LogP contribution in [-0.2, 0) is 20.8 Å². The van der Waals surface area contributed by atoms with Crippen molar-refractivity contribution in [2.75, 3.05) is 30.4 Å². The third kappa shape index (κ3) is 8.89. The molecule has 220 valence electrons. The molecule has 1 saturated carbocycles. The van der Waals surface area contributed by atoms with Crippen molar-refractivity contribution in [3.8, 4) is 0 Å². The molecule has 2 aromatic rings. The molecule has 3 rings (SSSR count). The van der Waals surface area contributed by atoms with Gasteiger partial charge in [-0.25, -0.2) is 8.42 Å². The van der Waals surface area contributed by atoms with Crippen molar-refractivity contribution in [2.24, 2.45) is 11.8 Å². The Morgan fingerprint density at radius 3 is 2.35 bits per heavy atom. The third-order valence-electron chi connectivity index (χ3n) is 6.81. The van der Waals surface area contributed by atoms with Crippen LogP contribution in [0.4, 0.5) is 18.9 Å². The number of nitrogens with one attached hydrogen (secondary N) is 3. The van der Waals surface area contributed by atoms with E-state index in [1.54, 1.807) is 24.3 Å². The normalized spacial score (nSPS) is 17.9. The van der Waals surface area contributed by atoms with Gasteiger partial charge in [0, 0.05) is 23.2 Å². The van der Waals surface area contributed by atoms with Crippen LogP contribution < -0.4 is 16.0 Å². The van der Waals surface area contributed by atoms with Crippen molar-refractivity contribution in [3.05, 3.63) is 53.6 Å². The zero-order valence-electron chi connectivity index (χ0n) is 22.8. The van der Waals surface area contributed by atoms with Gasteiger partial charge in [-0.2, -0.15) is 13.2 Å². The molecule has 2 atom stereocenters. The van der Waals surface area contributed by atoms with Gasteiger partial charge in [0.15, 0.2) is 9.84 Å². The van der Waals surface area contributed by atoms with E-state index in [1.807, 2.05) is 20.1 Å². The van der Waals surface area contributed by atoms with Gasteiger partial charge in [-0.15, -0.1) is 11.8 Å². The highest BCUT2D eigenvalue weighted by Crippen LogP contribution is 2.32. The molecule has 3 N–H and O–H groups in total. The summed E-state index contributed by atoms with van der Waals surface area (Å²) in [5.41, 5.74) is -0.938. The van der Waals surface area contributed by atoms with Crippen molar-refractivity contribution in [1.29, 1.82) is 0 Å². The quantitative estimate of drug-likeness (QED) is 0.300. The lowest BCUT2D eigenvalue weighted by Crippen LogP contribution is -2.47. The number of alkyl halides is 3. The maximum atomic E-state index is 13.3. The Balaban J connectivity index is 1.65. The molecule has 0 aromatic heterocycles. The number of benzene rings is 2. The highest BCUT2D eigenvalue weighted by atomic mass is 32.2. The molecule has 40 heavy (non-hydrogen) atoms. The Labute approximate surface area is 238 Å². The summed E-state index contributed by atoms with van der Waals surface area (Å²) in [6.45, 7) is 3.84. The van der Waals surface area contributed by atoms with Crippen LogP contribution >= 0.6 is 11.8 Å². The summed E-state index contributed by atoms with van der Waals surface area (Å²) >= 11 is 1.52. The fraction of sp³-hybridized carbons (Fsp3) is 0.500. The SMILES string of the molecule is CSc1ccc(S(=O)(=O)C[C@H]2CCCC[C@@H]2NC(=O)CNC(=O)c2cc(C(F)(F)F)ccc2NCC(C)C)cc1. The number of rotatable bonds is 11. The Kier molecular flexibility index (Phi) is 10.9. The summed E-state index contributed by atoms with van der Waals surface area (Å²) in [4.78, 5) is 26.8. The molecule has 1 fully saturated rings. The highest BCUT2D eigenvalue weighted by Gasteiger charge is 2.33. The van der Waals surface area contributed by atoms with Crippen LogP contribution in [0.3, 0.4) is 0 Å². The van der Waals surface area contributed by atoms with E-state index < -0.39 is 46.0 Å². The first-order chi connectivity index (χ1) is 18.8. The second kappa shape index (κ2) is 13.8. The minimum absolute atomic E-state index is 0.113. The van der Waals surface area contributed by atoms with E-state index in [4.69, 9.17) is 0 Å². The first kappa shape index (κ1) is 31.8. The lowest BCUT2D eigenvalue weighted by atomic mass is 9.86. The van der Waals surface area contributed by atoms with Gasteiger partial charge in [0.05, 0.1) is 28.3 Å². The molecule has 0 bridgehead atoms. The van der Waals surface area contributed by atoms with Gasteiger partial charge >= 0.3 is 6.18 Å². The number of halogens is 3. The molecular weight excluding hydrogens is 563 g/mol. The number of carbonyl (C=O) groups is 2. The third-order valence-corrected chi connectivity index (χ3v) is 9.41. The average molecular weight is 600 g/mol. The molecule has 1 aliphatic carbocycles. The van der Waals surface area contributed by atoms with Crippen molar-refractivity contribution in [1.82, 2.24) is 10.6 Å². The number of hydrogen-bond donors (Lipinski definition) is 3. The summed E-state index contributed by atoms with van der Waals surface area (Å²) in [5.74, 6) is -1.57. The molecule has 0 heterocycles. The Hall–Kier alpha value is -2.73. The van der Waals surface area contributed by atoms with Crippen molar-refractivity contribution in [2.45, 2.75) is 61.5 Å². The fourth-order valence-electron chi connectivity index (χ4n) is 4.65. The maximum Gasteiger partial charge on any atom is 0.416 e. The van der Waals surface area contributed by atoms with E-state index in [0.29, 0.717) is 19.4 Å². The zero-order chi connectivity index (χ0) is 29.5. The van der Waals surface area contributed by atoms with Gasteiger partial charge in [-0.1, -0.05) is 26.7 Å². The molecule has 2 aromatic carbocycles. The number of anilines is 1. The number of amides is 2. The second-order valence-corrected chi connectivity index (χ2v) is 13.3. The van der Waals surface area contributed by atoms with Crippen LogP contribution in [0, 0.1) is 11.8 Å². The molecule has 7 nitrogen and oxygen atoms in total. The van der Waals surface area contributed by atoms with Crippen LogP contribution in [0.5, 0.6) is 0 Å². The molecule has 0 saturated heterocycles. The van der Waals surface area contributed by atoms with Crippen molar-refractivity contribution >= 4 is 39.1 Å². The van der Waals surface area contributed by atoms with E-state index >= 15 is 0 Å². The lowest BCUT2D eigenvalue weighted by molar-refractivity contribution is -0.137. The van der Waals surface area contributed by atoms with Crippen LogP contribution in [0.15, 0.2) is 52.3 Å². The largest absolute Gasteiger partial charge is 0.416 e. The summed E-state index contributed by atoms with van der Waals surface area (Å²) < 4.78 is 66.0. The van der Waals surface area contributed by atoms with Crippen LogP contribution in [0.1, 0.15) is 55.5 Å². The molecule has 0 radical (unpaired) electrons. The van der Waals surface area contributed by atoms with Gasteiger partial charge < -0.3 is 16.0 Å². The van der Waals surface area contributed by atoms with Gasteiger partial charge in [-0.3, -0.25) is 9.59 Å². The number of sulfone groups is 1. The van der Waals surface area contributed by atoms with Crippen LogP contribution in [-0.4, -0.2) is 51.4 Å². The average Bonchev–Trinajstić information content (AvgIpc) is 2.91. The summed E-state index contributed by atoms with van der Waals surface area (Å²) in [7, 11) is -3.58. The van der Waals surface area contributed by atoms with E-state index in [1.165, 1.54) is 17.8 Å². The van der Waals surface area contributed by atoms with Crippen molar-refractivity contribution in [3.63, 3.8) is 0 Å². The Morgan fingerprint density at radius 1 is 1.05 bits per heavy atom.